The lowest BCUT2D eigenvalue weighted by Gasteiger charge is -2.30. The van der Waals surface area contributed by atoms with E-state index in [9.17, 15) is 0 Å². The molecule has 1 aromatic rings. The molecule has 28 heavy (non-hydrogen) atoms. The molecule has 0 aromatic heterocycles. The first-order chi connectivity index (χ1) is 13.8. The molecule has 0 saturated heterocycles. The molecule has 2 fully saturated rings. The van der Waals surface area contributed by atoms with E-state index in [2.05, 4.69) is 36.9 Å². The lowest BCUT2D eigenvalue weighted by Crippen LogP contribution is -2.15. The van der Waals surface area contributed by atoms with Gasteiger partial charge in [0.2, 0.25) is 0 Å². The topological polar surface area (TPSA) is 9.23 Å². The minimum atomic E-state index is 0.725. The van der Waals surface area contributed by atoms with Gasteiger partial charge in [0.05, 0.1) is 6.61 Å². The van der Waals surface area contributed by atoms with Crippen molar-refractivity contribution >= 4 is 0 Å². The molecule has 0 atom stereocenters. The number of hydrogen-bond acceptors (Lipinski definition) is 1. The summed E-state index contributed by atoms with van der Waals surface area (Å²) in [6.07, 6.45) is 20.8. The second kappa shape index (κ2) is 11.8. The molecule has 1 heteroatoms. The molecule has 0 heterocycles. The van der Waals surface area contributed by atoms with Gasteiger partial charge in [-0.3, -0.25) is 0 Å². The maximum absolute atomic E-state index is 5.22. The molecule has 2 aliphatic carbocycles. The average molecular weight is 383 g/mol. The molecule has 0 aliphatic heterocycles. The molecule has 0 amide bonds. The summed E-state index contributed by atoms with van der Waals surface area (Å²) in [5.74, 6) is 3.75. The van der Waals surface area contributed by atoms with Crippen molar-refractivity contribution in [1.29, 1.82) is 0 Å². The third-order valence-electron chi connectivity index (χ3n) is 7.55. The lowest BCUT2D eigenvalue weighted by molar-refractivity contribution is 0.185. The Hall–Kier alpha value is -1.08. The fourth-order valence-electron chi connectivity index (χ4n) is 5.69. The summed E-state index contributed by atoms with van der Waals surface area (Å²) in [6.45, 7) is 4.63. The third-order valence-corrected chi connectivity index (χ3v) is 7.55. The van der Waals surface area contributed by atoms with Gasteiger partial charge in [0, 0.05) is 7.11 Å². The molecule has 1 aromatic carbocycles. The molecule has 156 valence electrons. The van der Waals surface area contributed by atoms with Crippen molar-refractivity contribution in [1.82, 2.24) is 0 Å². The predicted octanol–water partition coefficient (Wildman–Crippen LogP) is 8.05. The SMILES string of the molecule is C=CC[C@H]1CC[C@H](CCCC[C@H]2CC[C@H](c3ccc(COC)cc3)CC2)CC1. The molecule has 0 N–H and O–H groups in total. The van der Waals surface area contributed by atoms with Gasteiger partial charge in [-0.05, 0) is 79.7 Å². The van der Waals surface area contributed by atoms with Gasteiger partial charge in [-0.1, -0.05) is 68.9 Å². The normalized spacial score (nSPS) is 28.2. The van der Waals surface area contributed by atoms with Gasteiger partial charge in [0.15, 0.2) is 0 Å². The van der Waals surface area contributed by atoms with Gasteiger partial charge in [-0.25, -0.2) is 0 Å². The fourth-order valence-corrected chi connectivity index (χ4v) is 5.69. The third kappa shape index (κ3) is 6.76. The van der Waals surface area contributed by atoms with Crippen LogP contribution in [0, 0.1) is 17.8 Å². The Labute approximate surface area is 174 Å². The maximum Gasteiger partial charge on any atom is 0.0713 e. The summed E-state index contributed by atoms with van der Waals surface area (Å²) < 4.78 is 5.22. The Balaban J connectivity index is 1.27. The molecule has 0 unspecified atom stereocenters. The molecule has 1 nitrogen and oxygen atoms in total. The number of benzene rings is 1. The van der Waals surface area contributed by atoms with Crippen LogP contribution in [0.2, 0.25) is 0 Å². The first-order valence-electron chi connectivity index (χ1n) is 12.0. The number of allylic oxidation sites excluding steroid dienone is 1. The Morgan fingerprint density at radius 3 is 1.89 bits per heavy atom. The summed E-state index contributed by atoms with van der Waals surface area (Å²) in [7, 11) is 1.77. The number of hydrogen-bond donors (Lipinski definition) is 0. The smallest absolute Gasteiger partial charge is 0.0713 e. The van der Waals surface area contributed by atoms with Crippen molar-refractivity contribution in [2.45, 2.75) is 96.0 Å². The highest BCUT2D eigenvalue weighted by molar-refractivity contribution is 5.25. The number of methoxy groups -OCH3 is 1. The minimum Gasteiger partial charge on any atom is -0.380 e. The molecule has 2 aliphatic rings. The van der Waals surface area contributed by atoms with Crippen LogP contribution in [-0.4, -0.2) is 7.11 Å². The maximum atomic E-state index is 5.22. The Kier molecular flexibility index (Phi) is 9.12. The van der Waals surface area contributed by atoms with Crippen LogP contribution in [0.3, 0.4) is 0 Å². The van der Waals surface area contributed by atoms with Crippen LogP contribution in [0.25, 0.3) is 0 Å². The van der Waals surface area contributed by atoms with Gasteiger partial charge in [-0.2, -0.15) is 0 Å². The molecule has 3 rings (SSSR count). The van der Waals surface area contributed by atoms with Gasteiger partial charge < -0.3 is 4.74 Å². The van der Waals surface area contributed by atoms with Crippen LogP contribution in [0.5, 0.6) is 0 Å². The first kappa shape index (κ1) is 21.6. The second-order valence-corrected chi connectivity index (χ2v) is 9.59. The summed E-state index contributed by atoms with van der Waals surface area (Å²) >= 11 is 0. The monoisotopic (exact) mass is 382 g/mol. The molecule has 0 bridgehead atoms. The van der Waals surface area contributed by atoms with Gasteiger partial charge in [-0.15, -0.1) is 6.58 Å². The van der Waals surface area contributed by atoms with Crippen molar-refractivity contribution < 1.29 is 4.74 Å². The highest BCUT2D eigenvalue weighted by Crippen LogP contribution is 2.38. The Morgan fingerprint density at radius 1 is 0.821 bits per heavy atom. The van der Waals surface area contributed by atoms with E-state index in [1.807, 2.05) is 0 Å². The zero-order valence-corrected chi connectivity index (χ0v) is 18.2. The van der Waals surface area contributed by atoms with Gasteiger partial charge >= 0.3 is 0 Å². The van der Waals surface area contributed by atoms with Gasteiger partial charge in [0.1, 0.15) is 0 Å². The van der Waals surface area contributed by atoms with Crippen molar-refractivity contribution in [2.24, 2.45) is 17.8 Å². The number of ether oxygens (including phenoxy) is 1. The van der Waals surface area contributed by atoms with Crippen LogP contribution in [0.15, 0.2) is 36.9 Å². The molecule has 0 radical (unpaired) electrons. The highest BCUT2D eigenvalue weighted by atomic mass is 16.5. The van der Waals surface area contributed by atoms with Crippen molar-refractivity contribution in [3.8, 4) is 0 Å². The van der Waals surface area contributed by atoms with Crippen LogP contribution >= 0.6 is 0 Å². The van der Waals surface area contributed by atoms with Crippen molar-refractivity contribution in [3.63, 3.8) is 0 Å². The Bertz CT molecular complexity index is 544. The summed E-state index contributed by atoms with van der Waals surface area (Å²) in [5, 5.41) is 0. The minimum absolute atomic E-state index is 0.725. The van der Waals surface area contributed by atoms with Crippen LogP contribution in [0.1, 0.15) is 101 Å². The van der Waals surface area contributed by atoms with Crippen molar-refractivity contribution in [2.75, 3.05) is 7.11 Å². The molecule has 0 spiro atoms. The van der Waals surface area contributed by atoms with E-state index >= 15 is 0 Å². The van der Waals surface area contributed by atoms with Crippen LogP contribution in [0.4, 0.5) is 0 Å². The summed E-state index contributed by atoms with van der Waals surface area (Å²) in [6, 6.07) is 9.16. The van der Waals surface area contributed by atoms with E-state index in [-0.39, 0.29) is 0 Å². The van der Waals surface area contributed by atoms with Crippen LogP contribution in [-0.2, 0) is 11.3 Å². The second-order valence-electron chi connectivity index (χ2n) is 9.59. The summed E-state index contributed by atoms with van der Waals surface area (Å²) in [5.41, 5.74) is 2.83. The highest BCUT2D eigenvalue weighted by Gasteiger charge is 2.23. The van der Waals surface area contributed by atoms with E-state index in [1.54, 1.807) is 12.7 Å². The van der Waals surface area contributed by atoms with Crippen molar-refractivity contribution in [3.05, 3.63) is 48.0 Å². The number of rotatable bonds is 10. The van der Waals surface area contributed by atoms with Gasteiger partial charge in [0.25, 0.3) is 0 Å². The molecular formula is C27H42O. The van der Waals surface area contributed by atoms with E-state index < -0.39 is 0 Å². The average Bonchev–Trinajstić information content (AvgIpc) is 2.74. The van der Waals surface area contributed by atoms with E-state index in [4.69, 9.17) is 4.74 Å². The Morgan fingerprint density at radius 2 is 1.36 bits per heavy atom. The fraction of sp³-hybridized carbons (Fsp3) is 0.704. The lowest BCUT2D eigenvalue weighted by atomic mass is 9.76. The largest absolute Gasteiger partial charge is 0.380 e. The van der Waals surface area contributed by atoms with E-state index in [1.165, 1.54) is 89.0 Å². The zero-order valence-electron chi connectivity index (χ0n) is 18.2. The van der Waals surface area contributed by atoms with Crippen LogP contribution < -0.4 is 0 Å². The molecular weight excluding hydrogens is 340 g/mol. The molecule has 2 saturated carbocycles. The first-order valence-corrected chi connectivity index (χ1v) is 12.0. The van der Waals surface area contributed by atoms with E-state index in [0.717, 1.165) is 30.3 Å². The quantitative estimate of drug-likeness (QED) is 0.294. The van der Waals surface area contributed by atoms with E-state index in [0.29, 0.717) is 0 Å². The standard InChI is InChI=1S/C27H42O/c1-3-6-22-9-11-23(12-10-22)7-4-5-8-24-13-17-26(18-14-24)27-19-15-25(16-20-27)21-28-2/h3,15-16,19-20,22-24,26H,1,4-14,17-18,21H2,2H3/t22-,23-,24-,26-. The summed E-state index contributed by atoms with van der Waals surface area (Å²) in [4.78, 5) is 0. The number of unbranched alkanes of at least 4 members (excludes halogenated alkanes) is 1. The zero-order chi connectivity index (χ0) is 19.6. The predicted molar refractivity (Wildman–Crippen MR) is 121 cm³/mol.